The molecule has 1 aliphatic rings. The maximum atomic E-state index is 12.6. The summed E-state index contributed by atoms with van der Waals surface area (Å²) < 4.78 is 14.0. The molecular weight excluding hydrogens is 342 g/mol. The van der Waals surface area contributed by atoms with Gasteiger partial charge in [-0.1, -0.05) is 24.3 Å². The molecule has 1 aromatic heterocycles. The molecule has 1 amide bonds. The number of aryl methyl sites for hydroxylation is 2. The van der Waals surface area contributed by atoms with E-state index in [4.69, 9.17) is 9.47 Å². The van der Waals surface area contributed by atoms with Crippen LogP contribution in [-0.2, 0) is 18.4 Å². The van der Waals surface area contributed by atoms with Crippen LogP contribution in [0.3, 0.4) is 0 Å². The summed E-state index contributed by atoms with van der Waals surface area (Å²) in [5.41, 5.74) is 4.46. The lowest BCUT2D eigenvalue weighted by atomic mass is 10.0. The molecule has 2 heterocycles. The van der Waals surface area contributed by atoms with E-state index in [1.54, 1.807) is 25.1 Å². The van der Waals surface area contributed by atoms with Crippen LogP contribution in [0.4, 0.5) is 0 Å². The van der Waals surface area contributed by atoms with Crippen molar-refractivity contribution in [3.05, 3.63) is 58.9 Å². The maximum Gasteiger partial charge on any atom is 0.253 e. The summed E-state index contributed by atoms with van der Waals surface area (Å²) >= 11 is 0. The van der Waals surface area contributed by atoms with Crippen LogP contribution < -0.4 is 4.74 Å². The van der Waals surface area contributed by atoms with Crippen LogP contribution in [0.1, 0.15) is 33.4 Å². The molecule has 6 nitrogen and oxygen atoms in total. The summed E-state index contributed by atoms with van der Waals surface area (Å²) in [6, 6.07) is 11.8. The highest BCUT2D eigenvalue weighted by Crippen LogP contribution is 2.34. The van der Waals surface area contributed by atoms with Crippen molar-refractivity contribution in [2.45, 2.75) is 19.6 Å². The van der Waals surface area contributed by atoms with Crippen molar-refractivity contribution in [1.29, 1.82) is 0 Å². The zero-order chi connectivity index (χ0) is 19.1. The maximum absolute atomic E-state index is 12.6. The third kappa shape index (κ3) is 3.06. The number of hydrogen-bond acceptors (Lipinski definition) is 4. The van der Waals surface area contributed by atoms with E-state index < -0.39 is 0 Å². The normalized spacial score (nSPS) is 16.2. The van der Waals surface area contributed by atoms with Crippen LogP contribution in [0.25, 0.3) is 11.0 Å². The lowest BCUT2D eigenvalue weighted by Gasteiger charge is -2.26. The molecule has 1 atom stereocenters. The van der Waals surface area contributed by atoms with Crippen LogP contribution in [-0.4, -0.2) is 41.1 Å². The van der Waals surface area contributed by atoms with Gasteiger partial charge in [0.05, 0.1) is 18.7 Å². The van der Waals surface area contributed by atoms with Crippen LogP contribution >= 0.6 is 0 Å². The molecule has 27 heavy (non-hydrogen) atoms. The monoisotopic (exact) mass is 365 g/mol. The third-order valence-electron chi connectivity index (χ3n) is 5.03. The van der Waals surface area contributed by atoms with Crippen molar-refractivity contribution in [2.24, 2.45) is 7.05 Å². The topological polar surface area (TPSA) is 56.6 Å². The summed E-state index contributed by atoms with van der Waals surface area (Å²) in [5.74, 6) is 1.40. The number of rotatable bonds is 3. The molecule has 6 heteroatoms. The van der Waals surface area contributed by atoms with Crippen molar-refractivity contribution < 1.29 is 14.3 Å². The molecule has 0 fully saturated rings. The molecule has 1 aliphatic heterocycles. The predicted molar refractivity (Wildman–Crippen MR) is 103 cm³/mol. The summed E-state index contributed by atoms with van der Waals surface area (Å²) in [7, 11) is 5.43. The lowest BCUT2D eigenvalue weighted by Crippen LogP contribution is -2.23. The van der Waals surface area contributed by atoms with Crippen molar-refractivity contribution >= 4 is 16.9 Å². The first-order valence-electron chi connectivity index (χ1n) is 8.96. The zero-order valence-electron chi connectivity index (χ0n) is 16.0. The van der Waals surface area contributed by atoms with Gasteiger partial charge >= 0.3 is 0 Å². The van der Waals surface area contributed by atoms with Crippen molar-refractivity contribution in [1.82, 2.24) is 14.5 Å². The number of amides is 1. The molecule has 3 aromatic rings. The fraction of sp³-hybridized carbons (Fsp3) is 0.333. The SMILES string of the molecule is Cc1nc2c(OC3COCc4ccccc43)cc(C(=O)N(C)C)cc2n1C. The van der Waals surface area contributed by atoms with Crippen LogP contribution in [0.15, 0.2) is 36.4 Å². The Hall–Kier alpha value is -2.86. The molecule has 0 saturated heterocycles. The second kappa shape index (κ2) is 6.70. The minimum Gasteiger partial charge on any atom is -0.481 e. The summed E-state index contributed by atoms with van der Waals surface area (Å²) in [4.78, 5) is 18.8. The zero-order valence-corrected chi connectivity index (χ0v) is 16.0. The summed E-state index contributed by atoms with van der Waals surface area (Å²) in [5, 5.41) is 0. The molecule has 140 valence electrons. The number of nitrogens with zero attached hydrogens (tertiary/aromatic N) is 3. The quantitative estimate of drug-likeness (QED) is 0.715. The highest BCUT2D eigenvalue weighted by molar-refractivity contribution is 5.99. The number of carbonyl (C=O) groups excluding carboxylic acids is 1. The predicted octanol–water partition coefficient (Wildman–Crippen LogP) is 3.23. The van der Waals surface area contributed by atoms with Gasteiger partial charge in [0.2, 0.25) is 0 Å². The van der Waals surface area contributed by atoms with Crippen LogP contribution in [0.2, 0.25) is 0 Å². The molecular formula is C21H23N3O3. The Kier molecular flexibility index (Phi) is 4.36. The largest absolute Gasteiger partial charge is 0.481 e. The summed E-state index contributed by atoms with van der Waals surface area (Å²) in [6.07, 6.45) is -0.231. The minimum absolute atomic E-state index is 0.0686. The number of imidazole rings is 1. The van der Waals surface area contributed by atoms with E-state index in [9.17, 15) is 4.79 Å². The fourth-order valence-electron chi connectivity index (χ4n) is 3.44. The van der Waals surface area contributed by atoms with Crippen LogP contribution in [0.5, 0.6) is 5.75 Å². The van der Waals surface area contributed by atoms with Crippen molar-refractivity contribution in [2.75, 3.05) is 20.7 Å². The van der Waals surface area contributed by atoms with Gasteiger partial charge in [0.25, 0.3) is 5.91 Å². The first-order valence-corrected chi connectivity index (χ1v) is 8.96. The Labute approximate surface area is 158 Å². The fourth-order valence-corrected chi connectivity index (χ4v) is 3.44. The van der Waals surface area contributed by atoms with Crippen LogP contribution in [0, 0.1) is 6.92 Å². The highest BCUT2D eigenvalue weighted by Gasteiger charge is 2.25. The molecule has 0 aliphatic carbocycles. The van der Waals surface area contributed by atoms with E-state index >= 15 is 0 Å². The molecule has 0 bridgehead atoms. The highest BCUT2D eigenvalue weighted by atomic mass is 16.5. The van der Waals surface area contributed by atoms with Gasteiger partial charge in [-0.2, -0.15) is 0 Å². The molecule has 0 spiro atoms. The molecule has 1 unspecified atom stereocenters. The number of aromatic nitrogens is 2. The van der Waals surface area contributed by atoms with Gasteiger partial charge in [-0.3, -0.25) is 4.79 Å². The lowest BCUT2D eigenvalue weighted by molar-refractivity contribution is 0.0230. The standard InChI is InChI=1S/C21H23N3O3/c1-13-22-20-17(24(13)4)9-15(21(25)23(2)3)10-18(20)27-19-12-26-11-14-7-5-6-8-16(14)19/h5-10,19H,11-12H2,1-4H3. The van der Waals surface area contributed by atoms with Gasteiger partial charge in [0.1, 0.15) is 23.2 Å². The third-order valence-corrected chi connectivity index (χ3v) is 5.03. The number of fused-ring (bicyclic) bond motifs is 2. The number of carbonyl (C=O) groups is 1. The number of ether oxygens (including phenoxy) is 2. The average Bonchev–Trinajstić information content (AvgIpc) is 2.96. The smallest absolute Gasteiger partial charge is 0.253 e. The van der Waals surface area contributed by atoms with Gasteiger partial charge in [-0.15, -0.1) is 0 Å². The van der Waals surface area contributed by atoms with E-state index in [2.05, 4.69) is 17.1 Å². The van der Waals surface area contributed by atoms with Gasteiger partial charge in [-0.25, -0.2) is 4.98 Å². The van der Waals surface area contributed by atoms with Gasteiger partial charge in [-0.05, 0) is 24.6 Å². The molecule has 2 aromatic carbocycles. The second-order valence-electron chi connectivity index (χ2n) is 7.08. The van der Waals surface area contributed by atoms with Crippen molar-refractivity contribution in [3.8, 4) is 5.75 Å². The van der Waals surface area contributed by atoms with E-state index in [0.29, 0.717) is 24.5 Å². The molecule has 0 radical (unpaired) electrons. The first kappa shape index (κ1) is 17.5. The summed E-state index contributed by atoms with van der Waals surface area (Å²) in [6.45, 7) is 3.00. The molecule has 4 rings (SSSR count). The molecule has 0 saturated carbocycles. The average molecular weight is 365 g/mol. The second-order valence-corrected chi connectivity index (χ2v) is 7.08. The Morgan fingerprint density at radius 2 is 2.07 bits per heavy atom. The Bertz CT molecular complexity index is 1020. The first-order chi connectivity index (χ1) is 13.0. The Morgan fingerprint density at radius 3 is 2.85 bits per heavy atom. The van der Waals surface area contributed by atoms with E-state index in [1.165, 1.54) is 0 Å². The van der Waals surface area contributed by atoms with E-state index in [-0.39, 0.29) is 12.0 Å². The van der Waals surface area contributed by atoms with E-state index in [1.807, 2.05) is 36.7 Å². The van der Waals surface area contributed by atoms with Gasteiger partial charge < -0.3 is 18.9 Å². The minimum atomic E-state index is -0.231. The van der Waals surface area contributed by atoms with Crippen molar-refractivity contribution in [3.63, 3.8) is 0 Å². The Morgan fingerprint density at radius 1 is 1.30 bits per heavy atom. The van der Waals surface area contributed by atoms with Gasteiger partial charge in [0, 0.05) is 32.3 Å². The van der Waals surface area contributed by atoms with E-state index in [0.717, 1.165) is 28.0 Å². The van der Waals surface area contributed by atoms with Gasteiger partial charge in [0.15, 0.2) is 0 Å². The molecule has 0 N–H and O–H groups in total. The number of benzene rings is 2. The number of hydrogen-bond donors (Lipinski definition) is 0. The Balaban J connectivity index is 1.81.